The first-order valence-corrected chi connectivity index (χ1v) is 12.2. The van der Waals surface area contributed by atoms with Crippen molar-refractivity contribution in [1.82, 2.24) is 9.97 Å². The molecular weight excluding hydrogens is 504 g/mol. The predicted molar refractivity (Wildman–Crippen MR) is 138 cm³/mol. The third kappa shape index (κ3) is 8.28. The van der Waals surface area contributed by atoms with Gasteiger partial charge in [0.2, 0.25) is 5.95 Å². The van der Waals surface area contributed by atoms with Crippen LogP contribution in [0.25, 0.3) is 0 Å². The average Bonchev–Trinajstić information content (AvgIpc) is 2.82. The third-order valence-corrected chi connectivity index (χ3v) is 5.79. The molecule has 0 aliphatic heterocycles. The number of aliphatic carboxylic acids is 1. The first-order valence-electron chi connectivity index (χ1n) is 11.8. The number of halogens is 3. The molecular formula is C27H30ClF2N3O4. The largest absolute Gasteiger partial charge is 0.478 e. The molecule has 0 amide bonds. The Kier molecular flexibility index (Phi) is 8.91. The maximum absolute atomic E-state index is 13.3. The first kappa shape index (κ1) is 28.1. The zero-order valence-corrected chi connectivity index (χ0v) is 21.9. The fraction of sp³-hybridized carbons (Fsp3) is 0.370. The molecule has 0 spiro atoms. The fourth-order valence-corrected chi connectivity index (χ4v) is 3.69. The Hall–Kier alpha value is -3.46. The summed E-state index contributed by atoms with van der Waals surface area (Å²) in [5.74, 6) is -0.260. The van der Waals surface area contributed by atoms with Crippen LogP contribution in [0.2, 0.25) is 5.02 Å². The number of rotatable bonds is 12. The third-order valence-electron chi connectivity index (χ3n) is 5.50. The van der Waals surface area contributed by atoms with Crippen molar-refractivity contribution in [2.24, 2.45) is 0 Å². The Bertz CT molecular complexity index is 1220. The minimum Gasteiger partial charge on any atom is -0.478 e. The van der Waals surface area contributed by atoms with E-state index in [1.54, 1.807) is 36.7 Å². The summed E-state index contributed by atoms with van der Waals surface area (Å²) in [6.45, 7) is 6.46. The lowest BCUT2D eigenvalue weighted by atomic mass is 10.1. The Labute approximate surface area is 220 Å². The summed E-state index contributed by atoms with van der Waals surface area (Å²) in [6, 6.07) is 11.7. The molecule has 198 valence electrons. The minimum atomic E-state index is -3.29. The molecule has 3 aromatic rings. The second-order valence-corrected chi connectivity index (χ2v) is 9.56. The highest BCUT2D eigenvalue weighted by Crippen LogP contribution is 2.30. The molecule has 0 aliphatic rings. The lowest BCUT2D eigenvalue weighted by Crippen LogP contribution is -2.37. The second kappa shape index (κ2) is 11.7. The van der Waals surface area contributed by atoms with E-state index in [1.807, 2.05) is 24.0 Å². The van der Waals surface area contributed by atoms with E-state index in [9.17, 15) is 18.7 Å². The predicted octanol–water partition coefficient (Wildman–Crippen LogP) is 6.18. The van der Waals surface area contributed by atoms with E-state index >= 15 is 0 Å². The van der Waals surface area contributed by atoms with E-state index in [0.717, 1.165) is 23.1 Å². The number of anilines is 1. The molecule has 7 nitrogen and oxygen atoms in total. The van der Waals surface area contributed by atoms with Crippen LogP contribution in [0.1, 0.15) is 44.4 Å². The number of aromatic nitrogens is 2. The van der Waals surface area contributed by atoms with Crippen molar-refractivity contribution in [3.05, 3.63) is 76.6 Å². The summed E-state index contributed by atoms with van der Waals surface area (Å²) in [4.78, 5) is 22.3. The Morgan fingerprint density at radius 3 is 2.32 bits per heavy atom. The maximum atomic E-state index is 13.3. The molecule has 3 rings (SSSR count). The van der Waals surface area contributed by atoms with Gasteiger partial charge in [0.15, 0.2) is 5.60 Å². The molecule has 0 saturated heterocycles. The van der Waals surface area contributed by atoms with E-state index in [2.05, 4.69) is 9.97 Å². The molecule has 2 aromatic carbocycles. The highest BCUT2D eigenvalue weighted by atomic mass is 35.5. The van der Waals surface area contributed by atoms with Gasteiger partial charge in [-0.05, 0) is 67.6 Å². The molecule has 0 saturated carbocycles. The number of carboxylic acid groups (broad SMARTS) is 1. The molecule has 0 unspecified atom stereocenters. The van der Waals surface area contributed by atoms with Gasteiger partial charge >= 0.3 is 12.1 Å². The number of ether oxygens (including phenoxy) is 2. The molecule has 1 heterocycles. The van der Waals surface area contributed by atoms with Crippen LogP contribution in [-0.2, 0) is 24.2 Å². The van der Waals surface area contributed by atoms with Gasteiger partial charge < -0.3 is 19.5 Å². The van der Waals surface area contributed by atoms with Crippen LogP contribution in [0, 0.1) is 0 Å². The van der Waals surface area contributed by atoms with E-state index in [0.29, 0.717) is 37.4 Å². The molecule has 0 bridgehead atoms. The van der Waals surface area contributed by atoms with Gasteiger partial charge in [-0.15, -0.1) is 0 Å². The van der Waals surface area contributed by atoms with Gasteiger partial charge in [-0.1, -0.05) is 36.7 Å². The smallest absolute Gasteiger partial charge is 0.394 e. The summed E-state index contributed by atoms with van der Waals surface area (Å²) < 4.78 is 37.0. The fourth-order valence-electron chi connectivity index (χ4n) is 3.44. The van der Waals surface area contributed by atoms with Crippen LogP contribution < -0.4 is 14.4 Å². The maximum Gasteiger partial charge on any atom is 0.394 e. The number of nitrogens with zero attached hydrogens (tertiary/aromatic N) is 3. The Morgan fingerprint density at radius 1 is 1.03 bits per heavy atom. The topological polar surface area (TPSA) is 84.8 Å². The summed E-state index contributed by atoms with van der Waals surface area (Å²) >= 11 is 6.37. The van der Waals surface area contributed by atoms with Gasteiger partial charge in [0.05, 0.1) is 5.02 Å². The van der Waals surface area contributed by atoms with E-state index < -0.39 is 17.7 Å². The van der Waals surface area contributed by atoms with E-state index in [-0.39, 0.29) is 11.5 Å². The van der Waals surface area contributed by atoms with Crippen molar-refractivity contribution in [3.8, 4) is 11.5 Å². The highest BCUT2D eigenvalue weighted by Gasteiger charge is 2.30. The monoisotopic (exact) mass is 533 g/mol. The van der Waals surface area contributed by atoms with Crippen molar-refractivity contribution in [2.45, 2.75) is 58.8 Å². The highest BCUT2D eigenvalue weighted by molar-refractivity contribution is 6.32. The van der Waals surface area contributed by atoms with Gasteiger partial charge in [-0.2, -0.15) is 8.78 Å². The van der Waals surface area contributed by atoms with Crippen LogP contribution in [0.5, 0.6) is 11.5 Å². The van der Waals surface area contributed by atoms with Crippen LogP contribution in [0.3, 0.4) is 0 Å². The number of carboxylic acids is 1. The normalized spacial score (nSPS) is 11.8. The second-order valence-electron chi connectivity index (χ2n) is 9.16. The standard InChI is InChI=1S/C27H30ClF2N3O4/c1-5-18-15-31-25(32-16-18)33(17-20-7-6-8-21(13-20)36-27(4,29)30)12-11-19-9-10-23(22(28)14-19)37-26(2,3)24(34)35/h6-10,13-16H,5,11-12,17H2,1-4H3,(H,34,35). The number of hydrogen-bond acceptors (Lipinski definition) is 6. The van der Waals surface area contributed by atoms with Gasteiger partial charge in [0, 0.05) is 32.4 Å². The average molecular weight is 534 g/mol. The molecule has 0 aliphatic carbocycles. The van der Waals surface area contributed by atoms with Crippen molar-refractivity contribution in [3.63, 3.8) is 0 Å². The van der Waals surface area contributed by atoms with E-state index in [1.165, 1.54) is 19.9 Å². The van der Waals surface area contributed by atoms with Gasteiger partial charge in [-0.3, -0.25) is 0 Å². The first-order chi connectivity index (χ1) is 17.4. The summed E-state index contributed by atoms with van der Waals surface area (Å²) in [6.07, 6.45) is 1.60. The van der Waals surface area contributed by atoms with Crippen LogP contribution >= 0.6 is 11.6 Å². The van der Waals surface area contributed by atoms with Crippen molar-refractivity contribution in [1.29, 1.82) is 0 Å². The number of hydrogen-bond donors (Lipinski definition) is 1. The summed E-state index contributed by atoms with van der Waals surface area (Å²) in [7, 11) is 0. The molecule has 37 heavy (non-hydrogen) atoms. The van der Waals surface area contributed by atoms with Crippen molar-refractivity contribution in [2.75, 3.05) is 11.4 Å². The summed E-state index contributed by atoms with van der Waals surface area (Å²) in [5.41, 5.74) is 1.21. The molecule has 10 heteroatoms. The summed E-state index contributed by atoms with van der Waals surface area (Å²) in [5, 5.41) is 9.60. The number of alkyl halides is 2. The lowest BCUT2D eigenvalue weighted by molar-refractivity contribution is -0.159. The van der Waals surface area contributed by atoms with E-state index in [4.69, 9.17) is 21.1 Å². The quantitative estimate of drug-likeness (QED) is 0.298. The number of aryl methyl sites for hydroxylation is 1. The van der Waals surface area contributed by atoms with Gasteiger partial charge in [0.25, 0.3) is 0 Å². The Morgan fingerprint density at radius 2 is 1.73 bits per heavy atom. The molecule has 1 aromatic heterocycles. The zero-order chi connectivity index (χ0) is 27.2. The van der Waals surface area contributed by atoms with Gasteiger partial charge in [-0.25, -0.2) is 14.8 Å². The number of benzene rings is 2. The number of carbonyl (C=O) groups is 1. The van der Waals surface area contributed by atoms with Crippen LogP contribution in [0.4, 0.5) is 14.7 Å². The van der Waals surface area contributed by atoms with Crippen molar-refractivity contribution >= 4 is 23.5 Å². The minimum absolute atomic E-state index is 0.0684. The lowest BCUT2D eigenvalue weighted by Gasteiger charge is -2.24. The van der Waals surface area contributed by atoms with Crippen LogP contribution in [0.15, 0.2) is 54.9 Å². The van der Waals surface area contributed by atoms with Crippen LogP contribution in [-0.4, -0.2) is 39.3 Å². The zero-order valence-electron chi connectivity index (χ0n) is 21.2. The molecule has 0 radical (unpaired) electrons. The molecule has 0 atom stereocenters. The molecule has 1 N–H and O–H groups in total. The molecule has 0 fully saturated rings. The Balaban J connectivity index is 1.79. The van der Waals surface area contributed by atoms with Gasteiger partial charge in [0.1, 0.15) is 11.5 Å². The SMILES string of the molecule is CCc1cnc(N(CCc2ccc(OC(C)(C)C(=O)O)c(Cl)c2)Cc2cccc(OC(C)(F)F)c2)nc1. The van der Waals surface area contributed by atoms with Crippen molar-refractivity contribution < 1.29 is 28.2 Å².